The van der Waals surface area contributed by atoms with Gasteiger partial charge in [0.05, 0.1) is 12.8 Å². The fourth-order valence-corrected chi connectivity index (χ4v) is 2.19. The van der Waals surface area contributed by atoms with Crippen molar-refractivity contribution in [1.82, 2.24) is 9.97 Å². The number of anilines is 1. The standard InChI is InChI=1S/C16H20FN3O/c1-4-13-15(17)16(20-10-19-13)18-8-7-12-9-11(2)5-6-14(12)21-3/h5-6,9-10H,4,7-8H2,1-3H3,(H,18,19,20). The number of hydrogen-bond acceptors (Lipinski definition) is 4. The molecule has 0 radical (unpaired) electrons. The summed E-state index contributed by atoms with van der Waals surface area (Å²) in [6, 6.07) is 6.03. The highest BCUT2D eigenvalue weighted by Crippen LogP contribution is 2.20. The number of methoxy groups -OCH3 is 1. The average molecular weight is 289 g/mol. The Hall–Kier alpha value is -2.17. The first-order chi connectivity index (χ1) is 10.2. The highest BCUT2D eigenvalue weighted by molar-refractivity contribution is 5.40. The van der Waals surface area contributed by atoms with Crippen LogP contribution in [0.15, 0.2) is 24.5 Å². The second-order valence-electron chi connectivity index (χ2n) is 4.83. The van der Waals surface area contributed by atoms with E-state index in [9.17, 15) is 4.39 Å². The number of halogens is 1. The van der Waals surface area contributed by atoms with Crippen LogP contribution in [0, 0.1) is 12.7 Å². The van der Waals surface area contributed by atoms with Crippen molar-refractivity contribution in [3.8, 4) is 5.75 Å². The summed E-state index contributed by atoms with van der Waals surface area (Å²) in [5, 5.41) is 3.03. The Balaban J connectivity index is 2.03. The number of nitrogens with one attached hydrogen (secondary N) is 1. The molecule has 0 fully saturated rings. The van der Waals surface area contributed by atoms with Gasteiger partial charge in [-0.3, -0.25) is 0 Å². The lowest BCUT2D eigenvalue weighted by Gasteiger charge is -2.11. The largest absolute Gasteiger partial charge is 0.496 e. The van der Waals surface area contributed by atoms with Crippen molar-refractivity contribution in [3.63, 3.8) is 0 Å². The van der Waals surface area contributed by atoms with Gasteiger partial charge < -0.3 is 10.1 Å². The Labute approximate surface area is 124 Å². The highest BCUT2D eigenvalue weighted by Gasteiger charge is 2.09. The highest BCUT2D eigenvalue weighted by atomic mass is 19.1. The van der Waals surface area contributed by atoms with Crippen LogP contribution < -0.4 is 10.1 Å². The molecule has 112 valence electrons. The van der Waals surface area contributed by atoms with E-state index in [-0.39, 0.29) is 11.6 Å². The van der Waals surface area contributed by atoms with Crippen LogP contribution in [0.4, 0.5) is 10.2 Å². The van der Waals surface area contributed by atoms with Gasteiger partial charge in [0.25, 0.3) is 0 Å². The van der Waals surface area contributed by atoms with Gasteiger partial charge >= 0.3 is 0 Å². The van der Waals surface area contributed by atoms with Gasteiger partial charge in [-0.05, 0) is 31.4 Å². The van der Waals surface area contributed by atoms with Crippen molar-refractivity contribution >= 4 is 5.82 Å². The summed E-state index contributed by atoms with van der Waals surface area (Å²) in [5.41, 5.74) is 2.70. The van der Waals surface area contributed by atoms with Crippen LogP contribution in [0.5, 0.6) is 5.75 Å². The molecular formula is C16H20FN3O. The summed E-state index contributed by atoms with van der Waals surface area (Å²) in [6.07, 6.45) is 2.67. The number of nitrogens with zero attached hydrogens (tertiary/aromatic N) is 2. The van der Waals surface area contributed by atoms with E-state index in [2.05, 4.69) is 21.4 Å². The van der Waals surface area contributed by atoms with E-state index < -0.39 is 0 Å². The van der Waals surface area contributed by atoms with Crippen LogP contribution >= 0.6 is 0 Å². The van der Waals surface area contributed by atoms with Crippen molar-refractivity contribution in [1.29, 1.82) is 0 Å². The maximum absolute atomic E-state index is 14.0. The molecule has 1 heterocycles. The van der Waals surface area contributed by atoms with Gasteiger partial charge in [0.15, 0.2) is 11.6 Å². The van der Waals surface area contributed by atoms with Crippen LogP contribution in [0.25, 0.3) is 0 Å². The Morgan fingerprint density at radius 2 is 2.10 bits per heavy atom. The summed E-state index contributed by atoms with van der Waals surface area (Å²) >= 11 is 0. The number of rotatable bonds is 6. The fourth-order valence-electron chi connectivity index (χ4n) is 2.19. The molecule has 0 bridgehead atoms. The summed E-state index contributed by atoms with van der Waals surface area (Å²) in [4.78, 5) is 7.87. The number of ether oxygens (including phenoxy) is 1. The minimum absolute atomic E-state index is 0.258. The van der Waals surface area contributed by atoms with Crippen molar-refractivity contribution in [2.75, 3.05) is 19.0 Å². The number of hydrogen-bond donors (Lipinski definition) is 1. The molecule has 0 atom stereocenters. The normalized spacial score (nSPS) is 10.5. The Morgan fingerprint density at radius 3 is 2.81 bits per heavy atom. The molecule has 0 amide bonds. The van der Waals surface area contributed by atoms with Crippen LogP contribution in [-0.2, 0) is 12.8 Å². The fraction of sp³-hybridized carbons (Fsp3) is 0.375. The van der Waals surface area contributed by atoms with E-state index in [0.717, 1.165) is 17.7 Å². The van der Waals surface area contributed by atoms with E-state index in [1.807, 2.05) is 26.0 Å². The Bertz CT molecular complexity index is 616. The minimum atomic E-state index is -0.365. The molecule has 0 aliphatic heterocycles. The van der Waals surface area contributed by atoms with Crippen molar-refractivity contribution in [2.24, 2.45) is 0 Å². The zero-order valence-corrected chi connectivity index (χ0v) is 12.6. The second kappa shape index (κ2) is 7.02. The van der Waals surface area contributed by atoms with Gasteiger partial charge in [0.1, 0.15) is 12.1 Å². The van der Waals surface area contributed by atoms with Gasteiger partial charge in [-0.1, -0.05) is 24.6 Å². The van der Waals surface area contributed by atoms with Gasteiger partial charge in [-0.2, -0.15) is 0 Å². The maximum atomic E-state index is 14.0. The molecular weight excluding hydrogens is 269 g/mol. The molecule has 0 unspecified atom stereocenters. The molecule has 0 aliphatic rings. The first-order valence-corrected chi connectivity index (χ1v) is 7.02. The van der Waals surface area contributed by atoms with Crippen LogP contribution in [0.1, 0.15) is 23.7 Å². The molecule has 21 heavy (non-hydrogen) atoms. The predicted molar refractivity (Wildman–Crippen MR) is 81.3 cm³/mol. The van der Waals surface area contributed by atoms with Crippen molar-refractivity contribution < 1.29 is 9.13 Å². The second-order valence-corrected chi connectivity index (χ2v) is 4.83. The summed E-state index contributed by atoms with van der Waals surface area (Å²) in [6.45, 7) is 4.48. The molecule has 5 heteroatoms. The molecule has 2 aromatic rings. The van der Waals surface area contributed by atoms with Crippen molar-refractivity contribution in [3.05, 3.63) is 47.2 Å². The lowest BCUT2D eigenvalue weighted by Crippen LogP contribution is -2.10. The molecule has 0 spiro atoms. The molecule has 0 aliphatic carbocycles. The maximum Gasteiger partial charge on any atom is 0.186 e. The SMILES string of the molecule is CCc1ncnc(NCCc2cc(C)ccc2OC)c1F. The van der Waals surface area contributed by atoms with E-state index in [4.69, 9.17) is 4.74 Å². The Kier molecular flexibility index (Phi) is 5.09. The van der Waals surface area contributed by atoms with Gasteiger partial charge in [0.2, 0.25) is 0 Å². The molecule has 0 saturated heterocycles. The monoisotopic (exact) mass is 289 g/mol. The lowest BCUT2D eigenvalue weighted by molar-refractivity contribution is 0.410. The molecule has 1 N–H and O–H groups in total. The van der Waals surface area contributed by atoms with Crippen LogP contribution in [0.2, 0.25) is 0 Å². The summed E-state index contributed by atoms with van der Waals surface area (Å²) in [7, 11) is 1.65. The number of aryl methyl sites for hydroxylation is 2. The minimum Gasteiger partial charge on any atom is -0.496 e. The molecule has 4 nitrogen and oxygen atoms in total. The van der Waals surface area contributed by atoms with Crippen LogP contribution in [0.3, 0.4) is 0 Å². The third-order valence-corrected chi connectivity index (χ3v) is 3.32. The topological polar surface area (TPSA) is 47.0 Å². The van der Waals surface area contributed by atoms with E-state index in [1.165, 1.54) is 11.9 Å². The van der Waals surface area contributed by atoms with Gasteiger partial charge in [-0.25, -0.2) is 14.4 Å². The van der Waals surface area contributed by atoms with E-state index in [1.54, 1.807) is 7.11 Å². The molecule has 2 rings (SSSR count). The van der Waals surface area contributed by atoms with E-state index >= 15 is 0 Å². The first kappa shape index (κ1) is 15.2. The Morgan fingerprint density at radius 1 is 1.29 bits per heavy atom. The quantitative estimate of drug-likeness (QED) is 0.887. The molecule has 0 saturated carbocycles. The zero-order valence-electron chi connectivity index (χ0n) is 12.6. The van der Waals surface area contributed by atoms with Gasteiger partial charge in [0, 0.05) is 6.54 Å². The molecule has 1 aromatic heterocycles. The van der Waals surface area contributed by atoms with Crippen LogP contribution in [-0.4, -0.2) is 23.6 Å². The summed E-state index contributed by atoms with van der Waals surface area (Å²) in [5.74, 6) is 0.740. The number of aromatic nitrogens is 2. The summed E-state index contributed by atoms with van der Waals surface area (Å²) < 4.78 is 19.3. The zero-order chi connectivity index (χ0) is 15.2. The average Bonchev–Trinajstić information content (AvgIpc) is 2.49. The third kappa shape index (κ3) is 3.68. The number of benzene rings is 1. The molecule has 1 aromatic carbocycles. The van der Waals surface area contributed by atoms with Crippen molar-refractivity contribution in [2.45, 2.75) is 26.7 Å². The lowest BCUT2D eigenvalue weighted by atomic mass is 10.1. The first-order valence-electron chi connectivity index (χ1n) is 7.02. The third-order valence-electron chi connectivity index (χ3n) is 3.32. The smallest absolute Gasteiger partial charge is 0.186 e. The van der Waals surface area contributed by atoms with E-state index in [0.29, 0.717) is 18.7 Å². The predicted octanol–water partition coefficient (Wildman–Crippen LogP) is 3.15. The van der Waals surface area contributed by atoms with Gasteiger partial charge in [-0.15, -0.1) is 0 Å².